The molecule has 0 aliphatic carbocycles. The lowest BCUT2D eigenvalue weighted by atomic mass is 10.1. The molecule has 0 bridgehead atoms. The second kappa shape index (κ2) is 6.84. The van der Waals surface area contributed by atoms with Gasteiger partial charge in [0.25, 0.3) is 0 Å². The van der Waals surface area contributed by atoms with E-state index in [1.54, 1.807) is 11.3 Å². The minimum absolute atomic E-state index is 0.342. The average Bonchev–Trinajstić information content (AvgIpc) is 2.91. The van der Waals surface area contributed by atoms with Crippen molar-refractivity contribution >= 4 is 17.2 Å². The molecule has 4 heteroatoms. The number of nitrogens with one attached hydrogen (secondary N) is 1. The molecular formula is C16H23N3S. The van der Waals surface area contributed by atoms with Crippen molar-refractivity contribution in [3.63, 3.8) is 0 Å². The first kappa shape index (κ1) is 15.0. The van der Waals surface area contributed by atoms with E-state index in [2.05, 4.69) is 53.6 Å². The molecule has 2 aromatic heterocycles. The molecule has 0 aliphatic heterocycles. The average molecular weight is 289 g/mol. The number of nitrogens with zero attached hydrogens (tertiary/aromatic N) is 2. The Bertz CT molecular complexity index is 535. The number of aromatic nitrogens is 2. The fraction of sp³-hybridized carbons (Fsp3) is 0.500. The molecule has 0 amide bonds. The van der Waals surface area contributed by atoms with Gasteiger partial charge in [-0.2, -0.15) is 0 Å². The summed E-state index contributed by atoms with van der Waals surface area (Å²) in [6.07, 6.45) is 2.26. The number of anilines is 1. The summed E-state index contributed by atoms with van der Waals surface area (Å²) in [5, 5.41) is 5.71. The Hall–Kier alpha value is -1.42. The topological polar surface area (TPSA) is 37.8 Å². The van der Waals surface area contributed by atoms with Gasteiger partial charge in [-0.3, -0.25) is 0 Å². The summed E-state index contributed by atoms with van der Waals surface area (Å²) in [7, 11) is 0. The van der Waals surface area contributed by atoms with Crippen LogP contribution in [0.3, 0.4) is 0 Å². The van der Waals surface area contributed by atoms with E-state index in [0.717, 1.165) is 30.2 Å². The van der Waals surface area contributed by atoms with Gasteiger partial charge >= 0.3 is 0 Å². The van der Waals surface area contributed by atoms with Crippen molar-refractivity contribution in [2.75, 3.05) is 5.32 Å². The lowest BCUT2D eigenvalue weighted by Gasteiger charge is -2.18. The quantitative estimate of drug-likeness (QED) is 0.820. The minimum atomic E-state index is 0.342. The SMILES string of the molecule is CCCC(Nc1cc(C)nc(C(C)C)n1)c1cccs1. The number of rotatable bonds is 6. The molecule has 1 N–H and O–H groups in total. The van der Waals surface area contributed by atoms with Gasteiger partial charge in [0.1, 0.15) is 11.6 Å². The molecule has 0 aromatic carbocycles. The highest BCUT2D eigenvalue weighted by molar-refractivity contribution is 7.10. The third kappa shape index (κ3) is 3.79. The highest BCUT2D eigenvalue weighted by atomic mass is 32.1. The smallest absolute Gasteiger partial charge is 0.133 e. The summed E-state index contributed by atoms with van der Waals surface area (Å²) in [5.41, 5.74) is 1.02. The van der Waals surface area contributed by atoms with E-state index in [1.807, 2.05) is 13.0 Å². The fourth-order valence-electron chi connectivity index (χ4n) is 2.17. The lowest BCUT2D eigenvalue weighted by Crippen LogP contribution is -2.12. The fourth-order valence-corrected chi connectivity index (χ4v) is 2.98. The molecule has 2 aromatic rings. The molecule has 0 saturated heterocycles. The molecule has 20 heavy (non-hydrogen) atoms. The second-order valence-corrected chi connectivity index (χ2v) is 6.39. The molecule has 1 atom stereocenters. The van der Waals surface area contributed by atoms with Gasteiger partial charge in [-0.1, -0.05) is 33.3 Å². The van der Waals surface area contributed by atoms with Crippen LogP contribution < -0.4 is 5.32 Å². The summed E-state index contributed by atoms with van der Waals surface area (Å²) in [4.78, 5) is 10.5. The van der Waals surface area contributed by atoms with E-state index in [9.17, 15) is 0 Å². The zero-order valence-corrected chi connectivity index (χ0v) is 13.5. The maximum Gasteiger partial charge on any atom is 0.133 e. The zero-order valence-electron chi connectivity index (χ0n) is 12.7. The highest BCUT2D eigenvalue weighted by Gasteiger charge is 2.13. The van der Waals surface area contributed by atoms with Crippen LogP contribution in [0.1, 0.15) is 62.0 Å². The van der Waals surface area contributed by atoms with Gasteiger partial charge in [-0.25, -0.2) is 9.97 Å². The van der Waals surface area contributed by atoms with Gasteiger partial charge in [0.2, 0.25) is 0 Å². The molecule has 0 radical (unpaired) electrons. The summed E-state index contributed by atoms with van der Waals surface area (Å²) < 4.78 is 0. The molecule has 1 unspecified atom stereocenters. The van der Waals surface area contributed by atoms with Crippen LogP contribution in [0.5, 0.6) is 0 Å². The molecule has 2 rings (SSSR count). The predicted octanol–water partition coefficient (Wildman–Crippen LogP) is 4.92. The summed E-state index contributed by atoms with van der Waals surface area (Å²) in [6, 6.07) is 6.67. The standard InChI is InChI=1S/C16H23N3S/c1-5-7-13(14-8-6-9-20-14)18-15-10-12(4)17-16(19-15)11(2)3/h6,8-11,13H,5,7H2,1-4H3,(H,17,18,19). The van der Waals surface area contributed by atoms with Crippen LogP contribution in [0.25, 0.3) is 0 Å². The Labute approximate surface area is 125 Å². The maximum atomic E-state index is 4.65. The van der Waals surface area contributed by atoms with Crippen LogP contribution >= 0.6 is 11.3 Å². The molecule has 0 spiro atoms. The number of thiophene rings is 1. The van der Waals surface area contributed by atoms with Crippen molar-refractivity contribution in [2.45, 2.75) is 52.5 Å². The second-order valence-electron chi connectivity index (χ2n) is 5.41. The molecule has 108 valence electrons. The van der Waals surface area contributed by atoms with Crippen LogP contribution in [0, 0.1) is 6.92 Å². The molecule has 0 fully saturated rings. The molecule has 0 saturated carbocycles. The third-order valence-electron chi connectivity index (χ3n) is 3.17. The third-order valence-corrected chi connectivity index (χ3v) is 4.16. The molecule has 2 heterocycles. The minimum Gasteiger partial charge on any atom is -0.362 e. The Morgan fingerprint density at radius 2 is 2.10 bits per heavy atom. The van der Waals surface area contributed by atoms with E-state index >= 15 is 0 Å². The van der Waals surface area contributed by atoms with E-state index in [-0.39, 0.29) is 0 Å². The summed E-state index contributed by atoms with van der Waals surface area (Å²) in [6.45, 7) is 8.49. The normalized spacial score (nSPS) is 12.7. The van der Waals surface area contributed by atoms with Crippen LogP contribution in [0.2, 0.25) is 0 Å². The van der Waals surface area contributed by atoms with Crippen molar-refractivity contribution in [1.82, 2.24) is 9.97 Å². The van der Waals surface area contributed by atoms with Gasteiger partial charge in [0.15, 0.2) is 0 Å². The van der Waals surface area contributed by atoms with Gasteiger partial charge in [-0.15, -0.1) is 11.3 Å². The van der Waals surface area contributed by atoms with E-state index < -0.39 is 0 Å². The van der Waals surface area contributed by atoms with E-state index in [1.165, 1.54) is 4.88 Å². The monoisotopic (exact) mass is 289 g/mol. The molecule has 3 nitrogen and oxygen atoms in total. The zero-order chi connectivity index (χ0) is 14.5. The van der Waals surface area contributed by atoms with Crippen LogP contribution in [-0.4, -0.2) is 9.97 Å². The summed E-state index contributed by atoms with van der Waals surface area (Å²) >= 11 is 1.80. The van der Waals surface area contributed by atoms with E-state index in [0.29, 0.717) is 12.0 Å². The van der Waals surface area contributed by atoms with Crippen molar-refractivity contribution in [3.8, 4) is 0 Å². The Morgan fingerprint density at radius 1 is 1.30 bits per heavy atom. The predicted molar refractivity (Wildman–Crippen MR) is 86.4 cm³/mol. The number of aryl methyl sites for hydroxylation is 1. The van der Waals surface area contributed by atoms with Crippen molar-refractivity contribution in [2.24, 2.45) is 0 Å². The van der Waals surface area contributed by atoms with Gasteiger partial charge < -0.3 is 5.32 Å². The van der Waals surface area contributed by atoms with Crippen molar-refractivity contribution in [1.29, 1.82) is 0 Å². The Kier molecular flexibility index (Phi) is 5.12. The van der Waals surface area contributed by atoms with Crippen LogP contribution in [0.4, 0.5) is 5.82 Å². The van der Waals surface area contributed by atoms with Crippen LogP contribution in [-0.2, 0) is 0 Å². The first-order valence-corrected chi connectivity index (χ1v) is 8.13. The van der Waals surface area contributed by atoms with Gasteiger partial charge in [0.05, 0.1) is 6.04 Å². The number of hydrogen-bond donors (Lipinski definition) is 1. The number of hydrogen-bond acceptors (Lipinski definition) is 4. The first-order chi connectivity index (χ1) is 9.60. The highest BCUT2D eigenvalue weighted by Crippen LogP contribution is 2.27. The van der Waals surface area contributed by atoms with Crippen molar-refractivity contribution in [3.05, 3.63) is 40.0 Å². The largest absolute Gasteiger partial charge is 0.362 e. The molecule has 0 aliphatic rings. The van der Waals surface area contributed by atoms with Gasteiger partial charge in [-0.05, 0) is 24.8 Å². The Morgan fingerprint density at radius 3 is 2.70 bits per heavy atom. The lowest BCUT2D eigenvalue weighted by molar-refractivity contribution is 0.680. The maximum absolute atomic E-state index is 4.65. The van der Waals surface area contributed by atoms with Crippen molar-refractivity contribution < 1.29 is 0 Å². The van der Waals surface area contributed by atoms with Crippen LogP contribution in [0.15, 0.2) is 23.6 Å². The Balaban J connectivity index is 2.22. The summed E-state index contributed by atoms with van der Waals surface area (Å²) in [5.74, 6) is 2.20. The van der Waals surface area contributed by atoms with Gasteiger partial charge in [0, 0.05) is 22.6 Å². The van der Waals surface area contributed by atoms with E-state index in [4.69, 9.17) is 0 Å². The first-order valence-electron chi connectivity index (χ1n) is 7.25. The molecular weight excluding hydrogens is 266 g/mol.